The lowest BCUT2D eigenvalue weighted by atomic mass is 10.1. The van der Waals surface area contributed by atoms with Gasteiger partial charge in [0, 0.05) is 0 Å². The maximum atomic E-state index is 12.1. The summed E-state index contributed by atoms with van der Waals surface area (Å²) in [6.45, 7) is 2.05. The fraction of sp³-hybridized carbons (Fsp3) is 0.222. The van der Waals surface area contributed by atoms with E-state index in [-0.39, 0.29) is 18.9 Å². The van der Waals surface area contributed by atoms with Crippen LogP contribution in [0.2, 0.25) is 0 Å². The highest BCUT2D eigenvalue weighted by molar-refractivity contribution is 5.86. The lowest BCUT2D eigenvalue weighted by Crippen LogP contribution is -2.51. The molecule has 1 unspecified atom stereocenters. The molecule has 3 rings (SSSR count). The average molecular weight is 326 g/mol. The molecule has 0 aliphatic carbocycles. The quantitative estimate of drug-likeness (QED) is 0.839. The second-order valence-corrected chi connectivity index (χ2v) is 5.57. The van der Waals surface area contributed by atoms with E-state index in [0.29, 0.717) is 11.5 Å². The van der Waals surface area contributed by atoms with Crippen molar-refractivity contribution in [2.45, 2.75) is 19.4 Å². The summed E-state index contributed by atoms with van der Waals surface area (Å²) >= 11 is 0. The van der Waals surface area contributed by atoms with Crippen LogP contribution in [0.4, 0.5) is 0 Å². The van der Waals surface area contributed by atoms with E-state index in [0.717, 1.165) is 11.1 Å². The van der Waals surface area contributed by atoms with Crippen molar-refractivity contribution < 1.29 is 19.1 Å². The number of carbonyl (C=O) groups excluding carboxylic acids is 2. The minimum absolute atomic E-state index is 0.0938. The third-order valence-corrected chi connectivity index (χ3v) is 3.57. The summed E-state index contributed by atoms with van der Waals surface area (Å²) in [4.78, 5) is 24.0. The molecule has 2 N–H and O–H groups in total. The Labute approximate surface area is 139 Å². The minimum atomic E-state index is -0.806. The zero-order chi connectivity index (χ0) is 16.9. The average Bonchev–Trinajstić information content (AvgIpc) is 2.59. The second-order valence-electron chi connectivity index (χ2n) is 5.57. The lowest BCUT2D eigenvalue weighted by molar-refractivity contribution is -0.134. The SMILES string of the molecule is Cc1cccc(CC(=O)NNC(=O)C2COc3ccccc3O2)c1. The summed E-state index contributed by atoms with van der Waals surface area (Å²) in [5.41, 5.74) is 6.73. The predicted octanol–water partition coefficient (Wildman–Crippen LogP) is 1.52. The largest absolute Gasteiger partial charge is 0.485 e. The topological polar surface area (TPSA) is 76.7 Å². The monoisotopic (exact) mass is 326 g/mol. The zero-order valence-electron chi connectivity index (χ0n) is 13.2. The molecule has 0 saturated heterocycles. The van der Waals surface area contributed by atoms with Gasteiger partial charge in [-0.15, -0.1) is 0 Å². The number of hydrogen-bond donors (Lipinski definition) is 2. The van der Waals surface area contributed by atoms with E-state index in [2.05, 4.69) is 10.9 Å². The molecule has 1 heterocycles. The fourth-order valence-corrected chi connectivity index (χ4v) is 2.41. The molecule has 6 nitrogen and oxygen atoms in total. The number of para-hydroxylation sites is 2. The van der Waals surface area contributed by atoms with Crippen molar-refractivity contribution in [1.82, 2.24) is 10.9 Å². The summed E-state index contributed by atoms with van der Waals surface area (Å²) in [5.74, 6) is 0.355. The van der Waals surface area contributed by atoms with Gasteiger partial charge in [0.05, 0.1) is 6.42 Å². The molecule has 24 heavy (non-hydrogen) atoms. The molecule has 2 aromatic rings. The van der Waals surface area contributed by atoms with Crippen molar-refractivity contribution in [2.75, 3.05) is 6.61 Å². The molecule has 0 saturated carbocycles. The van der Waals surface area contributed by atoms with E-state index >= 15 is 0 Å². The number of fused-ring (bicyclic) bond motifs is 1. The number of carbonyl (C=O) groups is 2. The Hall–Kier alpha value is -3.02. The van der Waals surface area contributed by atoms with Crippen LogP contribution in [0.15, 0.2) is 48.5 Å². The predicted molar refractivity (Wildman–Crippen MR) is 87.5 cm³/mol. The fourth-order valence-electron chi connectivity index (χ4n) is 2.41. The molecule has 1 atom stereocenters. The molecular weight excluding hydrogens is 308 g/mol. The molecule has 2 amide bonds. The number of benzene rings is 2. The molecule has 0 bridgehead atoms. The van der Waals surface area contributed by atoms with Crippen LogP contribution in [-0.2, 0) is 16.0 Å². The number of aryl methyl sites for hydroxylation is 1. The molecule has 0 fully saturated rings. The first-order valence-electron chi connectivity index (χ1n) is 7.64. The first-order valence-corrected chi connectivity index (χ1v) is 7.64. The van der Waals surface area contributed by atoms with Gasteiger partial charge in [-0.2, -0.15) is 0 Å². The first-order chi connectivity index (χ1) is 11.6. The highest BCUT2D eigenvalue weighted by Crippen LogP contribution is 2.30. The molecule has 6 heteroatoms. The Morgan fingerprint density at radius 1 is 1.08 bits per heavy atom. The van der Waals surface area contributed by atoms with Gasteiger partial charge in [0.15, 0.2) is 11.5 Å². The van der Waals surface area contributed by atoms with Crippen molar-refractivity contribution in [3.05, 3.63) is 59.7 Å². The van der Waals surface area contributed by atoms with Gasteiger partial charge in [-0.05, 0) is 24.6 Å². The molecule has 2 aromatic carbocycles. The number of amides is 2. The van der Waals surface area contributed by atoms with Crippen LogP contribution < -0.4 is 20.3 Å². The first kappa shape index (κ1) is 15.9. The lowest BCUT2D eigenvalue weighted by Gasteiger charge is -2.25. The smallest absolute Gasteiger partial charge is 0.283 e. The molecule has 0 radical (unpaired) electrons. The standard InChI is InChI=1S/C18H18N2O4/c1-12-5-4-6-13(9-12)10-17(21)19-20-18(22)16-11-23-14-7-2-3-8-15(14)24-16/h2-9,16H,10-11H2,1H3,(H,19,21)(H,20,22). The van der Waals surface area contributed by atoms with Crippen LogP contribution in [0.5, 0.6) is 11.5 Å². The van der Waals surface area contributed by atoms with Crippen molar-refractivity contribution in [1.29, 1.82) is 0 Å². The molecular formula is C18H18N2O4. The Balaban J connectivity index is 1.50. The van der Waals surface area contributed by atoms with Gasteiger partial charge in [-0.1, -0.05) is 42.0 Å². The van der Waals surface area contributed by atoms with E-state index in [4.69, 9.17) is 9.47 Å². The van der Waals surface area contributed by atoms with Gasteiger partial charge in [0.25, 0.3) is 5.91 Å². The van der Waals surface area contributed by atoms with Gasteiger partial charge in [-0.3, -0.25) is 20.4 Å². The van der Waals surface area contributed by atoms with Crippen molar-refractivity contribution in [3.8, 4) is 11.5 Å². The highest BCUT2D eigenvalue weighted by Gasteiger charge is 2.27. The maximum absolute atomic E-state index is 12.1. The third-order valence-electron chi connectivity index (χ3n) is 3.57. The van der Waals surface area contributed by atoms with Crippen LogP contribution in [0.3, 0.4) is 0 Å². The van der Waals surface area contributed by atoms with Gasteiger partial charge in [0.2, 0.25) is 12.0 Å². The van der Waals surface area contributed by atoms with E-state index in [1.165, 1.54) is 0 Å². The van der Waals surface area contributed by atoms with Crippen LogP contribution in [0.1, 0.15) is 11.1 Å². The summed E-state index contributed by atoms with van der Waals surface area (Å²) in [5, 5.41) is 0. The molecule has 124 valence electrons. The van der Waals surface area contributed by atoms with Crippen LogP contribution in [-0.4, -0.2) is 24.5 Å². The number of hydrazine groups is 1. The number of ether oxygens (including phenoxy) is 2. The van der Waals surface area contributed by atoms with E-state index in [1.54, 1.807) is 18.2 Å². The van der Waals surface area contributed by atoms with Gasteiger partial charge in [-0.25, -0.2) is 0 Å². The van der Waals surface area contributed by atoms with E-state index in [1.807, 2.05) is 37.3 Å². The molecule has 0 spiro atoms. The van der Waals surface area contributed by atoms with Crippen LogP contribution in [0.25, 0.3) is 0 Å². The number of nitrogens with one attached hydrogen (secondary N) is 2. The van der Waals surface area contributed by atoms with Crippen LogP contribution in [0, 0.1) is 6.92 Å². The molecule has 1 aliphatic heterocycles. The Morgan fingerprint density at radius 3 is 2.67 bits per heavy atom. The number of rotatable bonds is 3. The van der Waals surface area contributed by atoms with Gasteiger partial charge >= 0.3 is 0 Å². The highest BCUT2D eigenvalue weighted by atomic mass is 16.6. The van der Waals surface area contributed by atoms with E-state index < -0.39 is 12.0 Å². The molecule has 0 aromatic heterocycles. The van der Waals surface area contributed by atoms with E-state index in [9.17, 15) is 9.59 Å². The number of hydrogen-bond acceptors (Lipinski definition) is 4. The third kappa shape index (κ3) is 3.84. The zero-order valence-corrected chi connectivity index (χ0v) is 13.2. The Morgan fingerprint density at radius 2 is 1.88 bits per heavy atom. The Kier molecular flexibility index (Phi) is 4.65. The minimum Gasteiger partial charge on any atom is -0.485 e. The van der Waals surface area contributed by atoms with Gasteiger partial charge < -0.3 is 9.47 Å². The van der Waals surface area contributed by atoms with Crippen LogP contribution >= 0.6 is 0 Å². The van der Waals surface area contributed by atoms with Crippen molar-refractivity contribution in [3.63, 3.8) is 0 Å². The van der Waals surface area contributed by atoms with Crippen molar-refractivity contribution >= 4 is 11.8 Å². The summed E-state index contributed by atoms with van der Waals surface area (Å²) in [7, 11) is 0. The van der Waals surface area contributed by atoms with Gasteiger partial charge in [0.1, 0.15) is 6.61 Å². The molecule has 1 aliphatic rings. The normalized spacial score (nSPS) is 15.5. The van der Waals surface area contributed by atoms with Crippen molar-refractivity contribution in [2.24, 2.45) is 0 Å². The Bertz CT molecular complexity index is 760. The second kappa shape index (κ2) is 7.04. The summed E-state index contributed by atoms with van der Waals surface area (Å²) < 4.78 is 11.0. The summed E-state index contributed by atoms with van der Waals surface area (Å²) in [6.07, 6.45) is -0.619. The maximum Gasteiger partial charge on any atom is 0.283 e. The summed E-state index contributed by atoms with van der Waals surface area (Å²) in [6, 6.07) is 14.8.